The lowest BCUT2D eigenvalue weighted by molar-refractivity contribution is -0.128. The molecule has 140 valence electrons. The Labute approximate surface area is 164 Å². The van der Waals surface area contributed by atoms with E-state index in [0.717, 1.165) is 10.8 Å². The van der Waals surface area contributed by atoms with Crippen LogP contribution in [0.15, 0.2) is 41.8 Å². The number of rotatable bonds is 9. The molecule has 2 aromatic rings. The van der Waals surface area contributed by atoms with Gasteiger partial charge >= 0.3 is 0 Å². The van der Waals surface area contributed by atoms with Crippen molar-refractivity contribution in [2.75, 3.05) is 18.8 Å². The molecule has 0 atom stereocenters. The molecule has 0 aliphatic carbocycles. The molecule has 0 N–H and O–H groups in total. The van der Waals surface area contributed by atoms with Gasteiger partial charge in [0.1, 0.15) is 0 Å². The first kappa shape index (κ1) is 20.5. The average Bonchev–Trinajstić information content (AvgIpc) is 3.15. The standard InChI is InChI=1S/C20H23N5OS/c1-16(2)17-5-7-18(8-6-17)25-14-11-23-20(25)27-15-19(26)24(12-3-9-21)13-4-10-22/h5-8,11,14,16H,3-4,12-13,15H2,1-2H3. The zero-order valence-electron chi connectivity index (χ0n) is 15.6. The highest BCUT2D eigenvalue weighted by Gasteiger charge is 2.15. The molecule has 7 heteroatoms. The SMILES string of the molecule is CC(C)c1ccc(-n2ccnc2SCC(=O)N(CCC#N)CCC#N)cc1. The van der Waals surface area contributed by atoms with E-state index in [1.807, 2.05) is 22.9 Å². The smallest absolute Gasteiger partial charge is 0.233 e. The highest BCUT2D eigenvalue weighted by molar-refractivity contribution is 7.99. The zero-order valence-corrected chi connectivity index (χ0v) is 16.4. The van der Waals surface area contributed by atoms with Gasteiger partial charge in [0.25, 0.3) is 0 Å². The fraction of sp³-hybridized carbons (Fsp3) is 0.400. The molecule has 0 fully saturated rings. The molecule has 1 heterocycles. The van der Waals surface area contributed by atoms with Gasteiger partial charge in [0.15, 0.2) is 5.16 Å². The molecule has 1 aromatic carbocycles. The third kappa shape index (κ3) is 5.87. The van der Waals surface area contributed by atoms with Crippen molar-refractivity contribution in [2.45, 2.75) is 37.8 Å². The van der Waals surface area contributed by atoms with Crippen LogP contribution < -0.4 is 0 Å². The van der Waals surface area contributed by atoms with Crippen LogP contribution in [0, 0.1) is 22.7 Å². The second-order valence-electron chi connectivity index (χ2n) is 6.31. The van der Waals surface area contributed by atoms with Crippen LogP contribution in [0.2, 0.25) is 0 Å². The van der Waals surface area contributed by atoms with Gasteiger partial charge in [-0.25, -0.2) is 4.98 Å². The molecule has 1 aromatic heterocycles. The number of amides is 1. The van der Waals surface area contributed by atoms with E-state index in [2.05, 4.69) is 43.1 Å². The Morgan fingerprint density at radius 3 is 2.37 bits per heavy atom. The van der Waals surface area contributed by atoms with Gasteiger partial charge in [0.05, 0.1) is 30.7 Å². The Balaban J connectivity index is 2.04. The van der Waals surface area contributed by atoms with Crippen LogP contribution in [0.25, 0.3) is 5.69 Å². The summed E-state index contributed by atoms with van der Waals surface area (Å²) in [5, 5.41) is 18.2. The van der Waals surface area contributed by atoms with Crippen molar-refractivity contribution in [3.05, 3.63) is 42.2 Å². The minimum atomic E-state index is -0.0878. The Morgan fingerprint density at radius 2 is 1.81 bits per heavy atom. The van der Waals surface area contributed by atoms with Crippen molar-refractivity contribution in [1.29, 1.82) is 10.5 Å². The summed E-state index contributed by atoms with van der Waals surface area (Å²) in [6.45, 7) is 5.01. The number of nitriles is 2. The summed E-state index contributed by atoms with van der Waals surface area (Å²) in [4.78, 5) is 18.4. The van der Waals surface area contributed by atoms with E-state index in [9.17, 15) is 4.79 Å². The summed E-state index contributed by atoms with van der Waals surface area (Å²) in [5.41, 5.74) is 2.27. The summed E-state index contributed by atoms with van der Waals surface area (Å²) in [6, 6.07) is 12.4. The molecule has 0 radical (unpaired) electrons. The average molecular weight is 382 g/mol. The van der Waals surface area contributed by atoms with E-state index in [4.69, 9.17) is 10.5 Å². The Bertz CT molecular complexity index is 811. The fourth-order valence-electron chi connectivity index (χ4n) is 2.56. The summed E-state index contributed by atoms with van der Waals surface area (Å²) < 4.78 is 1.96. The van der Waals surface area contributed by atoms with Crippen LogP contribution in [0.5, 0.6) is 0 Å². The Hall–Kier alpha value is -2.77. The van der Waals surface area contributed by atoms with Crippen LogP contribution in [-0.4, -0.2) is 39.2 Å². The molecule has 6 nitrogen and oxygen atoms in total. The first-order chi connectivity index (χ1) is 13.1. The van der Waals surface area contributed by atoms with Gasteiger partial charge in [0.2, 0.25) is 5.91 Å². The lowest BCUT2D eigenvalue weighted by Crippen LogP contribution is -2.34. The zero-order chi connectivity index (χ0) is 19.6. The predicted octanol–water partition coefficient (Wildman–Crippen LogP) is 3.74. The number of hydrogen-bond donors (Lipinski definition) is 0. The van der Waals surface area contributed by atoms with Crippen LogP contribution in [-0.2, 0) is 4.79 Å². The van der Waals surface area contributed by atoms with Crippen LogP contribution in [0.4, 0.5) is 0 Å². The molecule has 0 aliphatic rings. The topological polar surface area (TPSA) is 85.7 Å². The van der Waals surface area contributed by atoms with E-state index in [1.165, 1.54) is 17.3 Å². The van der Waals surface area contributed by atoms with Crippen molar-refractivity contribution >= 4 is 17.7 Å². The van der Waals surface area contributed by atoms with E-state index in [0.29, 0.717) is 19.0 Å². The molecule has 0 saturated heterocycles. The van der Waals surface area contributed by atoms with Gasteiger partial charge in [-0.3, -0.25) is 9.36 Å². The van der Waals surface area contributed by atoms with E-state index in [1.54, 1.807) is 11.1 Å². The molecule has 27 heavy (non-hydrogen) atoms. The van der Waals surface area contributed by atoms with Gasteiger partial charge < -0.3 is 4.90 Å². The first-order valence-corrected chi connectivity index (χ1v) is 9.83. The second-order valence-corrected chi connectivity index (χ2v) is 7.25. The molecule has 2 rings (SSSR count). The summed E-state index contributed by atoms with van der Waals surface area (Å²) in [5.74, 6) is 0.606. The number of hydrogen-bond acceptors (Lipinski definition) is 5. The number of thioether (sulfide) groups is 1. The number of carbonyl (C=O) groups excluding carboxylic acids is 1. The molecule has 0 spiro atoms. The molecule has 0 unspecified atom stereocenters. The van der Waals surface area contributed by atoms with Crippen molar-refractivity contribution in [3.8, 4) is 17.8 Å². The normalized spacial score (nSPS) is 10.4. The molecule has 1 amide bonds. The van der Waals surface area contributed by atoms with Gasteiger partial charge in [-0.05, 0) is 23.6 Å². The lowest BCUT2D eigenvalue weighted by atomic mass is 10.0. The largest absolute Gasteiger partial charge is 0.340 e. The van der Waals surface area contributed by atoms with E-state index >= 15 is 0 Å². The molecular weight excluding hydrogens is 358 g/mol. The van der Waals surface area contributed by atoms with Crippen LogP contribution in [0.3, 0.4) is 0 Å². The van der Waals surface area contributed by atoms with E-state index < -0.39 is 0 Å². The number of nitrogens with zero attached hydrogens (tertiary/aromatic N) is 5. The summed E-state index contributed by atoms with van der Waals surface area (Å²) in [7, 11) is 0. The van der Waals surface area contributed by atoms with E-state index in [-0.39, 0.29) is 24.5 Å². The predicted molar refractivity (Wildman–Crippen MR) is 105 cm³/mol. The summed E-state index contributed by atoms with van der Waals surface area (Å²) in [6.07, 6.45) is 4.12. The van der Waals surface area contributed by atoms with Gasteiger partial charge in [-0.2, -0.15) is 10.5 Å². The third-order valence-corrected chi connectivity index (χ3v) is 5.06. The molecule has 0 bridgehead atoms. The first-order valence-electron chi connectivity index (χ1n) is 8.85. The lowest BCUT2D eigenvalue weighted by Gasteiger charge is -2.20. The molecule has 0 saturated carbocycles. The van der Waals surface area contributed by atoms with Crippen LogP contribution >= 0.6 is 11.8 Å². The molecule has 0 aliphatic heterocycles. The Morgan fingerprint density at radius 1 is 1.19 bits per heavy atom. The summed E-state index contributed by atoms with van der Waals surface area (Å²) >= 11 is 1.36. The number of carbonyl (C=O) groups is 1. The molecular formula is C20H23N5OS. The maximum absolute atomic E-state index is 12.5. The maximum atomic E-state index is 12.5. The van der Waals surface area contributed by atoms with Crippen molar-refractivity contribution in [3.63, 3.8) is 0 Å². The number of imidazole rings is 1. The fourth-order valence-corrected chi connectivity index (χ4v) is 3.44. The highest BCUT2D eigenvalue weighted by Crippen LogP contribution is 2.23. The quantitative estimate of drug-likeness (QED) is 0.618. The van der Waals surface area contributed by atoms with Gasteiger partial charge in [0, 0.05) is 31.2 Å². The van der Waals surface area contributed by atoms with Crippen molar-refractivity contribution in [1.82, 2.24) is 14.5 Å². The van der Waals surface area contributed by atoms with Crippen molar-refractivity contribution < 1.29 is 4.79 Å². The number of aromatic nitrogens is 2. The van der Waals surface area contributed by atoms with Crippen molar-refractivity contribution in [2.24, 2.45) is 0 Å². The number of benzene rings is 1. The van der Waals surface area contributed by atoms with Gasteiger partial charge in [-0.1, -0.05) is 37.7 Å². The maximum Gasteiger partial charge on any atom is 0.233 e. The van der Waals surface area contributed by atoms with Gasteiger partial charge in [-0.15, -0.1) is 0 Å². The minimum absolute atomic E-state index is 0.0878. The minimum Gasteiger partial charge on any atom is -0.340 e. The third-order valence-electron chi connectivity index (χ3n) is 4.11. The second kappa shape index (κ2) is 10.4. The van der Waals surface area contributed by atoms with Crippen LogP contribution in [0.1, 0.15) is 38.2 Å². The Kier molecular flexibility index (Phi) is 7.91. The monoisotopic (exact) mass is 381 g/mol. The highest BCUT2D eigenvalue weighted by atomic mass is 32.2.